The van der Waals surface area contributed by atoms with Crippen LogP contribution < -0.4 is 4.74 Å². The van der Waals surface area contributed by atoms with Crippen LogP contribution in [0.4, 0.5) is 4.39 Å². The van der Waals surface area contributed by atoms with Gasteiger partial charge in [-0.25, -0.2) is 4.39 Å². The summed E-state index contributed by atoms with van der Waals surface area (Å²) in [6, 6.07) is 3.52. The number of hydrogen-bond donors (Lipinski definition) is 0. The van der Waals surface area contributed by atoms with E-state index in [1.54, 1.807) is 12.1 Å². The SMILES string of the molecule is C/C=C/C1CC=C(c2ccc(OCC)c(Cl)c2F)CC1. The number of halogens is 2. The molecule has 0 radical (unpaired) electrons. The van der Waals surface area contributed by atoms with Gasteiger partial charge in [-0.1, -0.05) is 29.8 Å². The highest BCUT2D eigenvalue weighted by Crippen LogP contribution is 2.37. The average molecular weight is 295 g/mol. The molecule has 1 aromatic carbocycles. The highest BCUT2D eigenvalue weighted by atomic mass is 35.5. The first kappa shape index (κ1) is 15.1. The highest BCUT2D eigenvalue weighted by molar-refractivity contribution is 6.32. The van der Waals surface area contributed by atoms with Crippen LogP contribution in [0.15, 0.2) is 30.4 Å². The van der Waals surface area contributed by atoms with E-state index in [9.17, 15) is 4.39 Å². The van der Waals surface area contributed by atoms with E-state index >= 15 is 0 Å². The summed E-state index contributed by atoms with van der Waals surface area (Å²) in [5, 5.41) is 0.0841. The molecule has 2 rings (SSSR count). The number of rotatable bonds is 4. The van der Waals surface area contributed by atoms with Crippen LogP contribution in [0.5, 0.6) is 5.75 Å². The van der Waals surface area contributed by atoms with Crippen molar-refractivity contribution in [2.45, 2.75) is 33.1 Å². The second-order valence-electron chi connectivity index (χ2n) is 4.96. The van der Waals surface area contributed by atoms with Gasteiger partial charge in [-0.05, 0) is 56.7 Å². The van der Waals surface area contributed by atoms with Gasteiger partial charge < -0.3 is 4.74 Å². The predicted octanol–water partition coefficient (Wildman–Crippen LogP) is 5.64. The van der Waals surface area contributed by atoms with Gasteiger partial charge in [0.15, 0.2) is 5.82 Å². The van der Waals surface area contributed by atoms with Gasteiger partial charge in [-0.15, -0.1) is 0 Å². The standard InChI is InChI=1S/C17H20ClFO/c1-3-5-12-6-8-13(9-7-12)14-10-11-15(20-4-2)16(18)17(14)19/h3,5,8,10-12H,4,6-7,9H2,1-2H3/b5-3+. The Morgan fingerprint density at radius 2 is 2.25 bits per heavy atom. The summed E-state index contributed by atoms with van der Waals surface area (Å²) in [6.45, 7) is 4.37. The molecule has 0 saturated heterocycles. The van der Waals surface area contributed by atoms with Gasteiger partial charge in [0.1, 0.15) is 10.8 Å². The van der Waals surface area contributed by atoms with Crippen LogP contribution in [0.1, 0.15) is 38.7 Å². The Hall–Kier alpha value is -1.28. The smallest absolute Gasteiger partial charge is 0.153 e. The predicted molar refractivity (Wildman–Crippen MR) is 82.7 cm³/mol. The molecule has 1 aromatic rings. The van der Waals surface area contributed by atoms with Crippen LogP contribution in [0, 0.1) is 11.7 Å². The van der Waals surface area contributed by atoms with Crippen molar-refractivity contribution in [3.8, 4) is 5.75 Å². The molecule has 1 atom stereocenters. The van der Waals surface area contributed by atoms with Crippen molar-refractivity contribution in [2.24, 2.45) is 5.92 Å². The van der Waals surface area contributed by atoms with E-state index in [-0.39, 0.29) is 10.8 Å². The lowest BCUT2D eigenvalue weighted by atomic mass is 9.86. The van der Waals surface area contributed by atoms with Crippen LogP contribution in [-0.2, 0) is 0 Å². The second-order valence-corrected chi connectivity index (χ2v) is 5.34. The summed E-state index contributed by atoms with van der Waals surface area (Å²) in [5.74, 6) is 0.622. The molecule has 0 N–H and O–H groups in total. The molecule has 1 unspecified atom stereocenters. The van der Waals surface area contributed by atoms with E-state index in [0.717, 1.165) is 24.8 Å². The van der Waals surface area contributed by atoms with E-state index in [4.69, 9.17) is 16.3 Å². The third-order valence-electron chi connectivity index (χ3n) is 3.61. The van der Waals surface area contributed by atoms with E-state index in [1.165, 1.54) is 0 Å². The lowest BCUT2D eigenvalue weighted by Crippen LogP contribution is -2.04. The van der Waals surface area contributed by atoms with Crippen molar-refractivity contribution < 1.29 is 9.13 Å². The largest absolute Gasteiger partial charge is 0.492 e. The maximum Gasteiger partial charge on any atom is 0.153 e. The topological polar surface area (TPSA) is 9.23 Å². The van der Waals surface area contributed by atoms with Crippen LogP contribution in [0.2, 0.25) is 5.02 Å². The van der Waals surface area contributed by atoms with Gasteiger partial charge in [0.25, 0.3) is 0 Å². The molecule has 1 nitrogen and oxygen atoms in total. The Morgan fingerprint density at radius 3 is 2.85 bits per heavy atom. The molecular formula is C17H20ClFO. The Bertz CT molecular complexity index is 534. The third kappa shape index (κ3) is 3.24. The fourth-order valence-corrected chi connectivity index (χ4v) is 2.81. The van der Waals surface area contributed by atoms with Gasteiger partial charge in [0, 0.05) is 5.56 Å². The summed E-state index contributed by atoms with van der Waals surface area (Å²) >= 11 is 6.04. The summed E-state index contributed by atoms with van der Waals surface area (Å²) in [7, 11) is 0. The molecule has 0 heterocycles. The second kappa shape index (κ2) is 6.94. The average Bonchev–Trinajstić information content (AvgIpc) is 2.46. The van der Waals surface area contributed by atoms with Crippen LogP contribution in [0.25, 0.3) is 5.57 Å². The molecule has 3 heteroatoms. The van der Waals surface area contributed by atoms with Crippen molar-refractivity contribution in [1.29, 1.82) is 0 Å². The molecule has 1 aliphatic carbocycles. The third-order valence-corrected chi connectivity index (χ3v) is 3.96. The van der Waals surface area contributed by atoms with Crippen LogP contribution in [0.3, 0.4) is 0 Å². The van der Waals surface area contributed by atoms with E-state index < -0.39 is 0 Å². The lowest BCUT2D eigenvalue weighted by molar-refractivity contribution is 0.338. The van der Waals surface area contributed by atoms with Gasteiger partial charge in [-0.3, -0.25) is 0 Å². The highest BCUT2D eigenvalue weighted by Gasteiger charge is 2.19. The lowest BCUT2D eigenvalue weighted by Gasteiger charge is -2.20. The van der Waals surface area contributed by atoms with Crippen molar-refractivity contribution in [3.63, 3.8) is 0 Å². The van der Waals surface area contributed by atoms with Crippen LogP contribution in [-0.4, -0.2) is 6.61 Å². The molecule has 0 saturated carbocycles. The van der Waals surface area contributed by atoms with Crippen molar-refractivity contribution >= 4 is 17.2 Å². The molecule has 0 spiro atoms. The number of benzene rings is 1. The summed E-state index contributed by atoms with van der Waals surface area (Å²) in [5.41, 5.74) is 1.66. The first-order valence-corrected chi connectivity index (χ1v) is 7.48. The van der Waals surface area contributed by atoms with Gasteiger partial charge in [0.05, 0.1) is 6.61 Å². The molecule has 0 aromatic heterocycles. The Balaban J connectivity index is 2.24. The molecule has 0 aliphatic heterocycles. The first-order valence-electron chi connectivity index (χ1n) is 7.10. The molecule has 108 valence electrons. The minimum Gasteiger partial charge on any atom is -0.492 e. The maximum absolute atomic E-state index is 14.3. The molecule has 0 bridgehead atoms. The number of allylic oxidation sites excluding steroid dienone is 4. The molecule has 20 heavy (non-hydrogen) atoms. The van der Waals surface area contributed by atoms with E-state index in [2.05, 4.69) is 18.2 Å². The maximum atomic E-state index is 14.3. The van der Waals surface area contributed by atoms with Crippen molar-refractivity contribution in [1.82, 2.24) is 0 Å². The monoisotopic (exact) mass is 294 g/mol. The Kier molecular flexibility index (Phi) is 5.24. The molecule has 1 aliphatic rings. The summed E-state index contributed by atoms with van der Waals surface area (Å²) in [6.07, 6.45) is 9.33. The minimum atomic E-state index is -0.367. The number of ether oxygens (including phenoxy) is 1. The molecular weight excluding hydrogens is 275 g/mol. The van der Waals surface area contributed by atoms with Crippen molar-refractivity contribution in [3.05, 3.63) is 46.8 Å². The summed E-state index contributed by atoms with van der Waals surface area (Å²) in [4.78, 5) is 0. The Morgan fingerprint density at radius 1 is 1.45 bits per heavy atom. The zero-order valence-corrected chi connectivity index (χ0v) is 12.7. The fourth-order valence-electron chi connectivity index (χ4n) is 2.59. The Labute approximate surface area is 125 Å². The zero-order valence-electron chi connectivity index (χ0n) is 12.0. The van der Waals surface area contributed by atoms with Crippen molar-refractivity contribution in [2.75, 3.05) is 6.61 Å². The zero-order chi connectivity index (χ0) is 14.5. The van der Waals surface area contributed by atoms with E-state index in [0.29, 0.717) is 23.8 Å². The van der Waals surface area contributed by atoms with Gasteiger partial charge in [-0.2, -0.15) is 0 Å². The normalized spacial score (nSPS) is 19.2. The van der Waals surface area contributed by atoms with Gasteiger partial charge in [0.2, 0.25) is 0 Å². The van der Waals surface area contributed by atoms with Gasteiger partial charge >= 0.3 is 0 Å². The molecule has 0 amide bonds. The van der Waals surface area contributed by atoms with E-state index in [1.807, 2.05) is 13.8 Å². The summed E-state index contributed by atoms with van der Waals surface area (Å²) < 4.78 is 19.7. The minimum absolute atomic E-state index is 0.0841. The quantitative estimate of drug-likeness (QED) is 0.653. The fraction of sp³-hybridized carbons (Fsp3) is 0.412. The molecule has 0 fully saturated rings. The first-order chi connectivity index (χ1) is 9.67. The number of hydrogen-bond acceptors (Lipinski definition) is 1. The van der Waals surface area contributed by atoms with Crippen LogP contribution >= 0.6 is 11.6 Å².